The number of benzene rings is 1. The first-order valence-corrected chi connectivity index (χ1v) is 9.67. The van der Waals surface area contributed by atoms with E-state index in [1.807, 2.05) is 0 Å². The number of ether oxygens (including phenoxy) is 1. The molecule has 0 spiro atoms. The first-order valence-electron chi connectivity index (χ1n) is 8.79. The molecule has 0 saturated carbocycles. The summed E-state index contributed by atoms with van der Waals surface area (Å²) in [5.74, 6) is -0.837. The quantitative estimate of drug-likeness (QED) is 0.560. The molecule has 1 atom stereocenters. The number of aryl methyl sites for hydroxylation is 1. The minimum Gasteiger partial charge on any atom is -0.376 e. The van der Waals surface area contributed by atoms with Gasteiger partial charge in [-0.05, 0) is 25.8 Å². The molecule has 2 amide bonds. The molecule has 3 rings (SSSR count). The Morgan fingerprint density at radius 2 is 2.29 bits per heavy atom. The van der Waals surface area contributed by atoms with Crippen molar-refractivity contribution in [2.75, 3.05) is 25.0 Å². The second kappa shape index (κ2) is 8.89. The molecule has 1 aliphatic rings. The van der Waals surface area contributed by atoms with E-state index in [0.717, 1.165) is 12.8 Å². The van der Waals surface area contributed by atoms with E-state index in [-0.39, 0.29) is 36.4 Å². The molecule has 1 N–H and O–H groups in total. The summed E-state index contributed by atoms with van der Waals surface area (Å²) in [5, 5.41) is 16.0. The number of anilines is 1. The van der Waals surface area contributed by atoms with Crippen LogP contribution in [0.25, 0.3) is 0 Å². The van der Waals surface area contributed by atoms with E-state index >= 15 is 0 Å². The van der Waals surface area contributed by atoms with Gasteiger partial charge in [0.15, 0.2) is 5.13 Å². The van der Waals surface area contributed by atoms with Crippen LogP contribution in [0.1, 0.15) is 28.8 Å². The highest BCUT2D eigenvalue weighted by Crippen LogP contribution is 2.21. The molecule has 10 heteroatoms. The molecule has 1 saturated heterocycles. The Morgan fingerprint density at radius 3 is 2.93 bits per heavy atom. The molecule has 148 valence electrons. The molecule has 28 heavy (non-hydrogen) atoms. The monoisotopic (exact) mass is 404 g/mol. The number of carbonyl (C=O) groups excluding carboxylic acids is 2. The van der Waals surface area contributed by atoms with Crippen LogP contribution in [-0.4, -0.2) is 52.4 Å². The molecule has 1 aromatic heterocycles. The standard InChI is InChI=1S/C18H20N4O5S/c1-12-4-5-13(9-15(12)22(25)26)17(24)21(10-14-3-2-7-27-14)11-16(23)20-18-19-6-8-28-18/h4-6,8-9,14H,2-3,7,10-11H2,1H3,(H,19,20,23). The van der Waals surface area contributed by atoms with Gasteiger partial charge >= 0.3 is 0 Å². The summed E-state index contributed by atoms with van der Waals surface area (Å²) in [6.45, 7) is 2.28. The van der Waals surface area contributed by atoms with E-state index in [2.05, 4.69) is 10.3 Å². The van der Waals surface area contributed by atoms with Gasteiger partial charge in [-0.2, -0.15) is 0 Å². The second-order valence-corrected chi connectivity index (χ2v) is 7.36. The highest BCUT2D eigenvalue weighted by molar-refractivity contribution is 7.13. The van der Waals surface area contributed by atoms with Crippen LogP contribution in [0.3, 0.4) is 0 Å². The van der Waals surface area contributed by atoms with Crippen molar-refractivity contribution in [2.24, 2.45) is 0 Å². The molecule has 1 unspecified atom stereocenters. The van der Waals surface area contributed by atoms with Crippen LogP contribution in [0.2, 0.25) is 0 Å². The largest absolute Gasteiger partial charge is 0.376 e. The Balaban J connectivity index is 1.78. The maximum absolute atomic E-state index is 13.0. The first-order chi connectivity index (χ1) is 13.4. The topological polar surface area (TPSA) is 115 Å². The number of nitrogens with one attached hydrogen (secondary N) is 1. The van der Waals surface area contributed by atoms with Crippen LogP contribution >= 0.6 is 11.3 Å². The molecule has 0 aliphatic carbocycles. The lowest BCUT2D eigenvalue weighted by Crippen LogP contribution is -2.42. The summed E-state index contributed by atoms with van der Waals surface area (Å²) >= 11 is 1.28. The van der Waals surface area contributed by atoms with Gasteiger partial charge in [0.2, 0.25) is 5.91 Å². The van der Waals surface area contributed by atoms with Crippen molar-refractivity contribution in [1.82, 2.24) is 9.88 Å². The molecule has 2 heterocycles. The molecular weight excluding hydrogens is 384 g/mol. The molecule has 0 radical (unpaired) electrons. The van der Waals surface area contributed by atoms with Gasteiger partial charge in [0.1, 0.15) is 6.54 Å². The number of nitro benzene ring substituents is 1. The molecule has 1 fully saturated rings. The highest BCUT2D eigenvalue weighted by atomic mass is 32.1. The number of aromatic nitrogens is 1. The number of hydrogen-bond acceptors (Lipinski definition) is 7. The Labute approximate surface area is 165 Å². The summed E-state index contributed by atoms with van der Waals surface area (Å²) in [6.07, 6.45) is 3.11. The summed E-state index contributed by atoms with van der Waals surface area (Å²) in [5.41, 5.74) is 0.501. The number of thiazole rings is 1. The predicted molar refractivity (Wildman–Crippen MR) is 103 cm³/mol. The van der Waals surface area contributed by atoms with Crippen molar-refractivity contribution in [3.8, 4) is 0 Å². The fourth-order valence-corrected chi connectivity index (χ4v) is 3.54. The van der Waals surface area contributed by atoms with E-state index in [1.165, 1.54) is 34.4 Å². The third-order valence-electron chi connectivity index (χ3n) is 4.40. The van der Waals surface area contributed by atoms with Gasteiger partial charge in [-0.3, -0.25) is 19.7 Å². The van der Waals surface area contributed by atoms with E-state index in [4.69, 9.17) is 4.74 Å². The molecule has 1 aliphatic heterocycles. The lowest BCUT2D eigenvalue weighted by molar-refractivity contribution is -0.385. The van der Waals surface area contributed by atoms with Crippen LogP contribution in [0.4, 0.5) is 10.8 Å². The molecule has 2 aromatic rings. The van der Waals surface area contributed by atoms with Crippen LogP contribution in [0.5, 0.6) is 0 Å². The maximum atomic E-state index is 13.0. The lowest BCUT2D eigenvalue weighted by Gasteiger charge is -2.25. The van der Waals surface area contributed by atoms with Gasteiger partial charge < -0.3 is 15.0 Å². The Hall–Kier alpha value is -2.85. The van der Waals surface area contributed by atoms with Crippen molar-refractivity contribution in [2.45, 2.75) is 25.9 Å². The van der Waals surface area contributed by atoms with E-state index < -0.39 is 10.8 Å². The van der Waals surface area contributed by atoms with Crippen LogP contribution in [-0.2, 0) is 9.53 Å². The SMILES string of the molecule is Cc1ccc(C(=O)N(CC(=O)Nc2nccs2)CC2CCCO2)cc1[N+](=O)[O-]. The molecule has 1 aromatic carbocycles. The van der Waals surface area contributed by atoms with Crippen LogP contribution < -0.4 is 5.32 Å². The van der Waals surface area contributed by atoms with E-state index in [0.29, 0.717) is 17.3 Å². The zero-order valence-electron chi connectivity index (χ0n) is 15.3. The zero-order valence-corrected chi connectivity index (χ0v) is 16.1. The average Bonchev–Trinajstić information content (AvgIpc) is 3.35. The average molecular weight is 404 g/mol. The minimum atomic E-state index is -0.522. The van der Waals surface area contributed by atoms with Gasteiger partial charge in [0.05, 0.1) is 11.0 Å². The summed E-state index contributed by atoms with van der Waals surface area (Å²) in [4.78, 5) is 41.4. The van der Waals surface area contributed by atoms with Crippen molar-refractivity contribution >= 4 is 34.0 Å². The Kier molecular flexibility index (Phi) is 6.32. The Bertz CT molecular complexity index is 865. The van der Waals surface area contributed by atoms with Crippen molar-refractivity contribution in [1.29, 1.82) is 0 Å². The fraction of sp³-hybridized carbons (Fsp3) is 0.389. The van der Waals surface area contributed by atoms with E-state index in [9.17, 15) is 19.7 Å². The smallest absolute Gasteiger partial charge is 0.273 e. The first kappa shape index (κ1) is 19.9. The summed E-state index contributed by atoms with van der Waals surface area (Å²) in [6, 6.07) is 4.32. The van der Waals surface area contributed by atoms with Crippen LogP contribution in [0, 0.1) is 17.0 Å². The second-order valence-electron chi connectivity index (χ2n) is 6.46. The number of nitro groups is 1. The summed E-state index contributed by atoms with van der Waals surface area (Å²) in [7, 11) is 0. The van der Waals surface area contributed by atoms with Gasteiger partial charge in [0.25, 0.3) is 11.6 Å². The summed E-state index contributed by atoms with van der Waals surface area (Å²) < 4.78 is 5.59. The maximum Gasteiger partial charge on any atom is 0.273 e. The van der Waals surface area contributed by atoms with Crippen molar-refractivity contribution in [3.05, 3.63) is 51.0 Å². The number of carbonyl (C=O) groups is 2. The highest BCUT2D eigenvalue weighted by Gasteiger charge is 2.26. The van der Waals surface area contributed by atoms with E-state index in [1.54, 1.807) is 18.5 Å². The lowest BCUT2D eigenvalue weighted by atomic mass is 10.1. The predicted octanol–water partition coefficient (Wildman–Crippen LogP) is 2.62. The number of amides is 2. The molecular formula is C18H20N4O5S. The molecule has 0 bridgehead atoms. The fourth-order valence-electron chi connectivity index (χ4n) is 2.99. The minimum absolute atomic E-state index is 0.129. The van der Waals surface area contributed by atoms with Gasteiger partial charge in [-0.25, -0.2) is 4.98 Å². The third-order valence-corrected chi connectivity index (χ3v) is 5.09. The Morgan fingerprint density at radius 1 is 1.46 bits per heavy atom. The number of nitrogens with zero attached hydrogens (tertiary/aromatic N) is 3. The van der Waals surface area contributed by atoms with Gasteiger partial charge in [-0.1, -0.05) is 6.07 Å². The normalized spacial score (nSPS) is 16.0. The van der Waals surface area contributed by atoms with Crippen molar-refractivity contribution < 1.29 is 19.2 Å². The van der Waals surface area contributed by atoms with Gasteiger partial charge in [-0.15, -0.1) is 11.3 Å². The number of rotatable bonds is 7. The third kappa shape index (κ3) is 4.90. The zero-order chi connectivity index (χ0) is 20.1. The molecule has 9 nitrogen and oxygen atoms in total. The number of hydrogen-bond donors (Lipinski definition) is 1. The van der Waals surface area contributed by atoms with Crippen LogP contribution in [0.15, 0.2) is 29.8 Å². The van der Waals surface area contributed by atoms with Gasteiger partial charge in [0, 0.05) is 41.9 Å². The van der Waals surface area contributed by atoms with Crippen molar-refractivity contribution in [3.63, 3.8) is 0 Å².